The largest absolute Gasteiger partial charge is 0.478 e. The third kappa shape index (κ3) is 8.98. The van der Waals surface area contributed by atoms with Crippen LogP contribution in [0.5, 0.6) is 0 Å². The Hall–Kier alpha value is -5.06. The Labute approximate surface area is 359 Å². The number of thioether (sulfide) groups is 1. The molecule has 8 rings (SSSR count). The number of ether oxygens (including phenoxy) is 2. The van der Waals surface area contributed by atoms with Crippen LogP contribution in [0.4, 0.5) is 14.6 Å². The number of halogens is 2. The summed E-state index contributed by atoms with van der Waals surface area (Å²) in [5, 5.41) is 25.3. The molecule has 2 fully saturated rings. The monoisotopic (exact) mass is 864 g/mol. The molecule has 0 bridgehead atoms. The van der Waals surface area contributed by atoms with E-state index in [0.717, 1.165) is 34.5 Å². The van der Waals surface area contributed by atoms with E-state index in [1.54, 1.807) is 42.1 Å². The summed E-state index contributed by atoms with van der Waals surface area (Å²) in [5.41, 5.74) is 2.53. The summed E-state index contributed by atoms with van der Waals surface area (Å²) in [6, 6.07) is 31.3. The van der Waals surface area contributed by atoms with Gasteiger partial charge in [-0.25, -0.2) is 28.2 Å². The quantitative estimate of drug-likeness (QED) is 0.0523. The first kappa shape index (κ1) is 42.6. The lowest BCUT2D eigenvalue weighted by molar-refractivity contribution is -0.0379. The molecule has 2 N–H and O–H groups in total. The first-order valence-electron chi connectivity index (χ1n) is 20.7. The van der Waals surface area contributed by atoms with E-state index in [1.807, 2.05) is 16.8 Å². The van der Waals surface area contributed by atoms with Crippen LogP contribution in [0.3, 0.4) is 0 Å². The minimum Gasteiger partial charge on any atom is -0.478 e. The number of fused-ring (bicyclic) bond motifs is 1. The molecule has 5 atom stereocenters. The Morgan fingerprint density at radius 1 is 0.934 bits per heavy atom. The SMILES string of the molecule is CCCSc1nc(N[C@@H]2C[C@H]2c2ccc(F)c(F)c2)c2nnn([C@@H]3C[C@H](COCc4ccccc4C(=O)O)O[C@H]3CO[Si](c3ccccc3)(c3ccccc3)C(C)(C)C)c2n1. The highest BCUT2D eigenvalue weighted by Crippen LogP contribution is 2.44. The number of benzene rings is 4. The third-order valence-corrected chi connectivity index (χ3v) is 17.6. The number of carboxylic acid groups (broad SMARTS) is 1. The van der Waals surface area contributed by atoms with Crippen LogP contribution in [0.2, 0.25) is 5.04 Å². The zero-order valence-corrected chi connectivity index (χ0v) is 36.4. The average Bonchev–Trinajstić information content (AvgIpc) is 3.70. The first-order valence-corrected chi connectivity index (χ1v) is 23.6. The fourth-order valence-electron chi connectivity index (χ4n) is 8.49. The van der Waals surface area contributed by atoms with E-state index >= 15 is 0 Å². The molecular weight excluding hydrogens is 815 g/mol. The second kappa shape index (κ2) is 18.1. The molecule has 1 aliphatic heterocycles. The van der Waals surface area contributed by atoms with Crippen molar-refractivity contribution in [3.63, 3.8) is 0 Å². The standard InChI is InChI=1S/C46H50F2N6O5SSi/c1-5-22-60-45-50-42(49-38-25-35(38)29-20-21-36(47)37(48)23-29)41-43(51-45)54(53-52-41)39-24-31(27-57-26-30-14-12-13-19-34(30)44(55)56)59-40(39)28-58-61(46(2,3)4,32-15-8-6-9-16-32)33-17-10-7-11-18-33/h6-21,23,31,35,38-40H,5,22,24-28H2,1-4H3,(H,55,56)(H,49,50,51)/t31-,35+,38-,39-,40+/m1/s1. The van der Waals surface area contributed by atoms with E-state index in [9.17, 15) is 18.7 Å². The van der Waals surface area contributed by atoms with E-state index in [-0.39, 0.29) is 54.5 Å². The molecule has 2 aromatic heterocycles. The van der Waals surface area contributed by atoms with Gasteiger partial charge in [0.05, 0.1) is 37.5 Å². The summed E-state index contributed by atoms with van der Waals surface area (Å²) in [5.74, 6) is -1.43. The summed E-state index contributed by atoms with van der Waals surface area (Å²) >= 11 is 1.54. The Bertz CT molecular complexity index is 2440. The van der Waals surface area contributed by atoms with Gasteiger partial charge in [0.2, 0.25) is 0 Å². The molecule has 0 unspecified atom stereocenters. The number of carbonyl (C=O) groups is 1. The zero-order chi connectivity index (χ0) is 42.7. The number of rotatable bonds is 17. The lowest BCUT2D eigenvalue weighted by atomic mass is 10.1. The second-order valence-corrected chi connectivity index (χ2v) is 22.1. The van der Waals surface area contributed by atoms with E-state index in [1.165, 1.54) is 12.1 Å². The molecule has 6 aromatic rings. The molecular formula is C46H50F2N6O5SSi. The van der Waals surface area contributed by atoms with Crippen molar-refractivity contribution in [1.82, 2.24) is 25.0 Å². The van der Waals surface area contributed by atoms with Gasteiger partial charge in [0, 0.05) is 24.1 Å². The van der Waals surface area contributed by atoms with Gasteiger partial charge in [0.1, 0.15) is 6.10 Å². The minimum absolute atomic E-state index is 0.0173. The summed E-state index contributed by atoms with van der Waals surface area (Å²) in [7, 11) is -2.97. The topological polar surface area (TPSA) is 134 Å². The number of nitrogens with one attached hydrogen (secondary N) is 1. The van der Waals surface area contributed by atoms with Gasteiger partial charge in [0.25, 0.3) is 8.32 Å². The Kier molecular flexibility index (Phi) is 12.7. The smallest absolute Gasteiger partial charge is 0.336 e. The molecule has 1 aliphatic carbocycles. The van der Waals surface area contributed by atoms with E-state index < -0.39 is 32.0 Å². The van der Waals surface area contributed by atoms with Crippen LogP contribution in [0.15, 0.2) is 108 Å². The van der Waals surface area contributed by atoms with Crippen LogP contribution in [0.1, 0.15) is 80.4 Å². The number of carboxylic acids is 1. The molecule has 1 saturated carbocycles. The Morgan fingerprint density at radius 3 is 2.31 bits per heavy atom. The fraction of sp³-hybridized carbons (Fsp3) is 0.370. The number of hydrogen-bond donors (Lipinski definition) is 2. The lowest BCUT2D eigenvalue weighted by Gasteiger charge is -2.43. The predicted molar refractivity (Wildman–Crippen MR) is 234 cm³/mol. The van der Waals surface area contributed by atoms with Gasteiger partial charge in [0.15, 0.2) is 33.8 Å². The van der Waals surface area contributed by atoms with E-state index in [4.69, 9.17) is 29.1 Å². The molecule has 15 heteroatoms. The van der Waals surface area contributed by atoms with Crippen LogP contribution in [0.25, 0.3) is 11.2 Å². The summed E-state index contributed by atoms with van der Waals surface area (Å²) < 4.78 is 50.2. The van der Waals surface area contributed by atoms with Crippen LogP contribution in [-0.4, -0.2) is 81.6 Å². The van der Waals surface area contributed by atoms with Gasteiger partial charge in [-0.15, -0.1) is 5.10 Å². The highest BCUT2D eigenvalue weighted by molar-refractivity contribution is 7.99. The number of nitrogens with zero attached hydrogens (tertiary/aromatic N) is 5. The highest BCUT2D eigenvalue weighted by atomic mass is 32.2. The molecule has 11 nitrogen and oxygen atoms in total. The zero-order valence-electron chi connectivity index (χ0n) is 34.6. The lowest BCUT2D eigenvalue weighted by Crippen LogP contribution is -2.67. The molecule has 0 amide bonds. The molecule has 318 valence electrons. The second-order valence-electron chi connectivity index (χ2n) is 16.7. The molecule has 0 spiro atoms. The van der Waals surface area contributed by atoms with Crippen molar-refractivity contribution < 1.29 is 32.6 Å². The summed E-state index contributed by atoms with van der Waals surface area (Å²) in [6.07, 6.45) is 1.26. The average molecular weight is 865 g/mol. The van der Waals surface area contributed by atoms with Crippen LogP contribution in [-0.2, 0) is 20.5 Å². The maximum Gasteiger partial charge on any atom is 0.336 e. The Balaban J connectivity index is 1.13. The van der Waals surface area contributed by atoms with E-state index in [0.29, 0.717) is 34.1 Å². The summed E-state index contributed by atoms with van der Waals surface area (Å²) in [6.45, 7) is 9.36. The third-order valence-electron chi connectivity index (χ3n) is 11.5. The number of anilines is 1. The number of aromatic carboxylic acids is 1. The van der Waals surface area contributed by atoms with Gasteiger partial charge in [-0.1, -0.05) is 130 Å². The fourth-order valence-corrected chi connectivity index (χ4v) is 13.8. The Morgan fingerprint density at radius 2 is 1.64 bits per heavy atom. The van der Waals surface area contributed by atoms with Crippen LogP contribution < -0.4 is 15.7 Å². The summed E-state index contributed by atoms with van der Waals surface area (Å²) in [4.78, 5) is 21.8. The van der Waals surface area contributed by atoms with Gasteiger partial charge >= 0.3 is 5.97 Å². The van der Waals surface area contributed by atoms with Crippen LogP contribution >= 0.6 is 11.8 Å². The van der Waals surface area contributed by atoms with E-state index in [2.05, 4.69) is 86.6 Å². The predicted octanol–water partition coefficient (Wildman–Crippen LogP) is 8.16. The van der Waals surface area contributed by atoms with Gasteiger partial charge < -0.3 is 24.3 Å². The minimum atomic E-state index is -2.97. The van der Waals surface area contributed by atoms with Gasteiger partial charge in [-0.2, -0.15) is 0 Å². The molecule has 3 heterocycles. The van der Waals surface area contributed by atoms with Crippen LogP contribution in [0, 0.1) is 11.6 Å². The number of aromatic nitrogens is 5. The van der Waals surface area contributed by atoms with Crippen molar-refractivity contribution in [2.45, 2.75) is 94.0 Å². The maximum absolute atomic E-state index is 14.2. The molecule has 2 aliphatic rings. The molecule has 61 heavy (non-hydrogen) atoms. The molecule has 0 radical (unpaired) electrons. The van der Waals surface area contributed by atoms with Crippen molar-refractivity contribution in [3.05, 3.63) is 131 Å². The van der Waals surface area contributed by atoms with Crippen molar-refractivity contribution in [3.8, 4) is 0 Å². The highest BCUT2D eigenvalue weighted by Gasteiger charge is 2.51. The molecule has 4 aromatic carbocycles. The maximum atomic E-state index is 14.2. The van der Waals surface area contributed by atoms with Crippen molar-refractivity contribution in [1.29, 1.82) is 0 Å². The van der Waals surface area contributed by atoms with Crippen molar-refractivity contribution >= 4 is 53.4 Å². The first-order chi connectivity index (χ1) is 29.5. The van der Waals surface area contributed by atoms with Crippen molar-refractivity contribution in [2.24, 2.45) is 0 Å². The normalized spacial score (nSPS) is 20.3. The van der Waals surface area contributed by atoms with Gasteiger partial charge in [-0.05, 0) is 57.6 Å². The number of hydrogen-bond acceptors (Lipinski definition) is 10. The van der Waals surface area contributed by atoms with Crippen molar-refractivity contribution in [2.75, 3.05) is 24.3 Å². The van der Waals surface area contributed by atoms with Gasteiger partial charge in [-0.3, -0.25) is 0 Å². The molecule has 1 saturated heterocycles.